The largest absolute Gasteiger partial charge is 0.373 e. The SMILES string of the molecule is C=C(C)[C@H]1OCC[C@H]1C(=O)NCC(C)(C)N1CCC[C@H](CC)C1. The highest BCUT2D eigenvalue weighted by Crippen LogP contribution is 2.27. The molecule has 2 aliphatic heterocycles. The average molecular weight is 322 g/mol. The summed E-state index contributed by atoms with van der Waals surface area (Å²) in [6.07, 6.45) is 4.54. The summed E-state index contributed by atoms with van der Waals surface area (Å²) in [6, 6.07) is 0. The molecule has 4 heteroatoms. The molecule has 0 aromatic carbocycles. The van der Waals surface area contributed by atoms with Crippen LogP contribution in [0.1, 0.15) is 53.4 Å². The second kappa shape index (κ2) is 7.80. The van der Waals surface area contributed by atoms with Crippen LogP contribution in [0, 0.1) is 11.8 Å². The van der Waals surface area contributed by atoms with Gasteiger partial charge in [-0.1, -0.05) is 25.5 Å². The molecule has 0 bridgehead atoms. The highest BCUT2D eigenvalue weighted by molar-refractivity contribution is 5.80. The topological polar surface area (TPSA) is 41.6 Å². The Labute approximate surface area is 141 Å². The molecule has 2 aliphatic rings. The molecule has 3 atom stereocenters. The van der Waals surface area contributed by atoms with E-state index in [1.807, 2.05) is 6.92 Å². The summed E-state index contributed by atoms with van der Waals surface area (Å²) >= 11 is 0. The van der Waals surface area contributed by atoms with Gasteiger partial charge in [0.15, 0.2) is 0 Å². The van der Waals surface area contributed by atoms with E-state index >= 15 is 0 Å². The van der Waals surface area contributed by atoms with Crippen LogP contribution < -0.4 is 5.32 Å². The number of rotatable bonds is 6. The molecule has 0 aromatic heterocycles. The fraction of sp³-hybridized carbons (Fsp3) is 0.842. The average Bonchev–Trinajstić information content (AvgIpc) is 3.02. The third kappa shape index (κ3) is 4.57. The minimum absolute atomic E-state index is 0.00167. The maximum absolute atomic E-state index is 12.6. The minimum atomic E-state index is -0.113. The van der Waals surface area contributed by atoms with Gasteiger partial charge in [0.05, 0.1) is 12.0 Å². The fourth-order valence-corrected chi connectivity index (χ4v) is 3.84. The molecule has 2 heterocycles. The number of carbonyl (C=O) groups is 1. The van der Waals surface area contributed by atoms with Gasteiger partial charge in [0.2, 0.25) is 5.91 Å². The van der Waals surface area contributed by atoms with Gasteiger partial charge in [0.25, 0.3) is 0 Å². The summed E-state index contributed by atoms with van der Waals surface area (Å²) in [5, 5.41) is 3.18. The Morgan fingerprint density at radius 2 is 2.13 bits per heavy atom. The molecule has 0 radical (unpaired) electrons. The van der Waals surface area contributed by atoms with Crippen LogP contribution in [0.15, 0.2) is 12.2 Å². The molecule has 1 N–H and O–H groups in total. The smallest absolute Gasteiger partial charge is 0.226 e. The van der Waals surface area contributed by atoms with Gasteiger partial charge >= 0.3 is 0 Å². The van der Waals surface area contributed by atoms with Crippen molar-refractivity contribution in [1.29, 1.82) is 0 Å². The zero-order valence-corrected chi connectivity index (χ0v) is 15.4. The van der Waals surface area contributed by atoms with E-state index in [-0.39, 0.29) is 23.5 Å². The summed E-state index contributed by atoms with van der Waals surface area (Å²) in [4.78, 5) is 15.1. The number of nitrogens with one attached hydrogen (secondary N) is 1. The van der Waals surface area contributed by atoms with E-state index in [0.29, 0.717) is 13.2 Å². The Kier molecular flexibility index (Phi) is 6.26. The highest BCUT2D eigenvalue weighted by Gasteiger charge is 2.36. The number of piperidine rings is 1. The van der Waals surface area contributed by atoms with Crippen molar-refractivity contribution in [2.24, 2.45) is 11.8 Å². The van der Waals surface area contributed by atoms with Crippen LogP contribution in [0.2, 0.25) is 0 Å². The van der Waals surface area contributed by atoms with Crippen molar-refractivity contribution >= 4 is 5.91 Å². The highest BCUT2D eigenvalue weighted by atomic mass is 16.5. The van der Waals surface area contributed by atoms with Crippen molar-refractivity contribution in [2.45, 2.75) is 65.0 Å². The lowest BCUT2D eigenvalue weighted by atomic mass is 9.90. The van der Waals surface area contributed by atoms with Crippen molar-refractivity contribution in [2.75, 3.05) is 26.2 Å². The summed E-state index contributed by atoms with van der Waals surface area (Å²) in [5.74, 6) is 0.843. The van der Waals surface area contributed by atoms with E-state index in [1.54, 1.807) is 0 Å². The molecule has 1 amide bonds. The van der Waals surface area contributed by atoms with Crippen LogP contribution in [-0.4, -0.2) is 48.7 Å². The van der Waals surface area contributed by atoms with Crippen molar-refractivity contribution in [1.82, 2.24) is 10.2 Å². The maximum atomic E-state index is 12.6. The molecule has 0 spiro atoms. The van der Waals surface area contributed by atoms with E-state index in [0.717, 1.165) is 31.0 Å². The molecule has 0 saturated carbocycles. The first-order valence-electron chi connectivity index (χ1n) is 9.15. The zero-order chi connectivity index (χ0) is 17.0. The first-order chi connectivity index (χ1) is 10.8. The molecule has 23 heavy (non-hydrogen) atoms. The maximum Gasteiger partial charge on any atom is 0.226 e. The third-order valence-electron chi connectivity index (χ3n) is 5.56. The van der Waals surface area contributed by atoms with Crippen molar-refractivity contribution in [3.05, 3.63) is 12.2 Å². The summed E-state index contributed by atoms with van der Waals surface area (Å²) < 4.78 is 5.65. The number of amides is 1. The lowest BCUT2D eigenvalue weighted by molar-refractivity contribution is -0.126. The summed E-state index contributed by atoms with van der Waals surface area (Å²) in [6.45, 7) is 16.3. The second-order valence-electron chi connectivity index (χ2n) is 7.93. The van der Waals surface area contributed by atoms with Gasteiger partial charge in [-0.15, -0.1) is 0 Å². The van der Waals surface area contributed by atoms with Gasteiger partial charge in [0.1, 0.15) is 0 Å². The number of hydrogen-bond donors (Lipinski definition) is 1. The first kappa shape index (κ1) is 18.5. The third-order valence-corrected chi connectivity index (χ3v) is 5.56. The lowest BCUT2D eigenvalue weighted by Crippen LogP contribution is -2.55. The number of hydrogen-bond acceptors (Lipinski definition) is 3. The van der Waals surface area contributed by atoms with E-state index in [1.165, 1.54) is 19.3 Å². The molecule has 0 aromatic rings. The van der Waals surface area contributed by atoms with Gasteiger partial charge in [0, 0.05) is 25.2 Å². The van der Waals surface area contributed by atoms with Crippen LogP contribution in [0.25, 0.3) is 0 Å². The van der Waals surface area contributed by atoms with Crippen LogP contribution in [0.4, 0.5) is 0 Å². The molecule has 0 unspecified atom stereocenters. The predicted molar refractivity (Wildman–Crippen MR) is 94.3 cm³/mol. The second-order valence-corrected chi connectivity index (χ2v) is 7.93. The molecule has 2 saturated heterocycles. The van der Waals surface area contributed by atoms with Gasteiger partial charge in [-0.3, -0.25) is 9.69 Å². The van der Waals surface area contributed by atoms with Gasteiger partial charge in [-0.05, 0) is 52.5 Å². The van der Waals surface area contributed by atoms with Gasteiger partial charge in [-0.25, -0.2) is 0 Å². The van der Waals surface area contributed by atoms with E-state index < -0.39 is 0 Å². The number of carbonyl (C=O) groups excluding carboxylic acids is 1. The molecule has 4 nitrogen and oxygen atoms in total. The van der Waals surface area contributed by atoms with Crippen LogP contribution in [-0.2, 0) is 9.53 Å². The normalized spacial score (nSPS) is 29.5. The van der Waals surface area contributed by atoms with E-state index in [9.17, 15) is 4.79 Å². The standard InChI is InChI=1S/C19H34N2O2/c1-6-15-8-7-10-21(12-15)19(4,5)13-20-18(22)16-9-11-23-17(16)14(2)3/h15-17H,2,6-13H2,1,3-5H3,(H,20,22)/t15-,16+,17+/m0/s1. The molecular weight excluding hydrogens is 288 g/mol. The zero-order valence-electron chi connectivity index (χ0n) is 15.4. The Hall–Kier alpha value is -0.870. The summed E-state index contributed by atoms with van der Waals surface area (Å²) in [5.41, 5.74) is 0.950. The molecule has 0 aliphatic carbocycles. The number of likely N-dealkylation sites (tertiary alicyclic amines) is 1. The number of ether oxygens (including phenoxy) is 1. The Bertz CT molecular complexity index is 433. The van der Waals surface area contributed by atoms with E-state index in [4.69, 9.17) is 4.74 Å². The van der Waals surface area contributed by atoms with Gasteiger partial charge < -0.3 is 10.1 Å². The Morgan fingerprint density at radius 1 is 1.39 bits per heavy atom. The molecule has 2 rings (SSSR count). The monoisotopic (exact) mass is 322 g/mol. The lowest BCUT2D eigenvalue weighted by Gasteiger charge is -2.43. The van der Waals surface area contributed by atoms with Crippen LogP contribution in [0.5, 0.6) is 0 Å². The van der Waals surface area contributed by atoms with Gasteiger partial charge in [-0.2, -0.15) is 0 Å². The molecule has 132 valence electrons. The van der Waals surface area contributed by atoms with Crippen LogP contribution in [0.3, 0.4) is 0 Å². The first-order valence-corrected chi connectivity index (χ1v) is 9.15. The van der Waals surface area contributed by atoms with Crippen molar-refractivity contribution < 1.29 is 9.53 Å². The fourth-order valence-electron chi connectivity index (χ4n) is 3.84. The van der Waals surface area contributed by atoms with E-state index in [2.05, 4.69) is 37.6 Å². The summed E-state index contributed by atoms with van der Waals surface area (Å²) in [7, 11) is 0. The number of nitrogens with zero attached hydrogens (tertiary/aromatic N) is 1. The minimum Gasteiger partial charge on any atom is -0.373 e. The van der Waals surface area contributed by atoms with Crippen LogP contribution >= 0.6 is 0 Å². The Balaban J connectivity index is 1.88. The quantitative estimate of drug-likeness (QED) is 0.764. The molecular formula is C19H34N2O2. The Morgan fingerprint density at radius 3 is 2.78 bits per heavy atom. The predicted octanol–water partition coefficient (Wildman–Crippen LogP) is 2.98. The molecule has 2 fully saturated rings. The van der Waals surface area contributed by atoms with Crippen molar-refractivity contribution in [3.63, 3.8) is 0 Å². The van der Waals surface area contributed by atoms with Crippen molar-refractivity contribution in [3.8, 4) is 0 Å².